The zero-order chi connectivity index (χ0) is 26.4. The molecule has 2 aliphatic rings. The van der Waals surface area contributed by atoms with E-state index in [2.05, 4.69) is 57.9 Å². The molecule has 36 heavy (non-hydrogen) atoms. The molecule has 8 nitrogen and oxygen atoms in total. The van der Waals surface area contributed by atoms with E-state index in [1.54, 1.807) is 0 Å². The Balaban J connectivity index is 0.000000397. The fourth-order valence-electron chi connectivity index (χ4n) is 4.74. The molecular weight excluding hydrogens is 448 g/mol. The Hall–Kier alpha value is -0.320. The Labute approximate surface area is 224 Å². The summed E-state index contributed by atoms with van der Waals surface area (Å²) in [6.07, 6.45) is 4.82. The molecule has 0 radical (unpaired) electrons. The van der Waals surface area contributed by atoms with E-state index >= 15 is 0 Å². The molecule has 2 fully saturated rings. The van der Waals surface area contributed by atoms with E-state index in [-0.39, 0.29) is 0 Å². The lowest BCUT2D eigenvalue weighted by molar-refractivity contribution is 0.130. The standard InChI is InChI=1S/C18H40N4.C10H24N4/c1-17(2)15-19-7-5-9-21-11-13-22(14-12-21)10-6-8-20-16-18(3)4;11-3-1-5-13-7-9-14(10-8-13)6-2-4-12/h17-20H,5-16H2,1-4H3;1-12H2. The van der Waals surface area contributed by atoms with Gasteiger partial charge in [-0.2, -0.15) is 0 Å². The van der Waals surface area contributed by atoms with Crippen molar-refractivity contribution in [3.05, 3.63) is 0 Å². The van der Waals surface area contributed by atoms with Crippen LogP contribution in [0.3, 0.4) is 0 Å². The van der Waals surface area contributed by atoms with E-state index in [9.17, 15) is 0 Å². The lowest BCUT2D eigenvalue weighted by Gasteiger charge is -2.34. The van der Waals surface area contributed by atoms with Crippen molar-refractivity contribution in [2.75, 3.05) is 118 Å². The van der Waals surface area contributed by atoms with E-state index in [4.69, 9.17) is 11.5 Å². The average molecular weight is 513 g/mol. The van der Waals surface area contributed by atoms with Crippen LogP contribution in [0.5, 0.6) is 0 Å². The third-order valence-electron chi connectivity index (χ3n) is 7.05. The van der Waals surface area contributed by atoms with Gasteiger partial charge in [-0.3, -0.25) is 0 Å². The second kappa shape index (κ2) is 22.6. The molecule has 0 amide bonds. The van der Waals surface area contributed by atoms with Crippen LogP contribution in [0.2, 0.25) is 0 Å². The van der Waals surface area contributed by atoms with Crippen molar-refractivity contribution < 1.29 is 0 Å². The minimum Gasteiger partial charge on any atom is -0.330 e. The van der Waals surface area contributed by atoms with Gasteiger partial charge in [0, 0.05) is 52.4 Å². The molecule has 0 saturated carbocycles. The first-order valence-corrected chi connectivity index (χ1v) is 15.2. The highest BCUT2D eigenvalue weighted by Gasteiger charge is 2.16. The number of rotatable bonds is 18. The van der Waals surface area contributed by atoms with Gasteiger partial charge in [0.15, 0.2) is 0 Å². The van der Waals surface area contributed by atoms with Gasteiger partial charge in [-0.05, 0) is 103 Å². The van der Waals surface area contributed by atoms with Crippen LogP contribution in [0, 0.1) is 11.8 Å². The van der Waals surface area contributed by atoms with Crippen LogP contribution in [0.4, 0.5) is 0 Å². The molecule has 2 heterocycles. The first-order valence-electron chi connectivity index (χ1n) is 15.2. The number of nitrogens with zero attached hydrogens (tertiary/aromatic N) is 4. The van der Waals surface area contributed by atoms with Gasteiger partial charge in [0.1, 0.15) is 0 Å². The van der Waals surface area contributed by atoms with Gasteiger partial charge in [-0.25, -0.2) is 0 Å². The van der Waals surface area contributed by atoms with Crippen molar-refractivity contribution in [3.63, 3.8) is 0 Å². The lowest BCUT2D eigenvalue weighted by atomic mass is 10.2. The van der Waals surface area contributed by atoms with Crippen molar-refractivity contribution >= 4 is 0 Å². The highest BCUT2D eigenvalue weighted by atomic mass is 15.3. The van der Waals surface area contributed by atoms with Crippen molar-refractivity contribution in [3.8, 4) is 0 Å². The maximum absolute atomic E-state index is 5.49. The minimum absolute atomic E-state index is 0.763. The molecule has 0 aromatic heterocycles. The monoisotopic (exact) mass is 513 g/mol. The third kappa shape index (κ3) is 18.9. The van der Waals surface area contributed by atoms with Crippen LogP contribution in [-0.2, 0) is 0 Å². The van der Waals surface area contributed by atoms with E-state index in [1.165, 1.54) is 104 Å². The summed E-state index contributed by atoms with van der Waals surface area (Å²) in [6, 6.07) is 0. The molecule has 2 aliphatic heterocycles. The average Bonchev–Trinajstić information content (AvgIpc) is 2.87. The summed E-state index contributed by atoms with van der Waals surface area (Å²) in [5.74, 6) is 1.53. The smallest absolute Gasteiger partial charge is 0.0110 e. The quantitative estimate of drug-likeness (QED) is 0.204. The maximum atomic E-state index is 5.49. The second-order valence-electron chi connectivity index (χ2n) is 11.6. The van der Waals surface area contributed by atoms with Gasteiger partial charge >= 0.3 is 0 Å². The van der Waals surface area contributed by atoms with E-state index < -0.39 is 0 Å². The number of hydrogen-bond acceptors (Lipinski definition) is 8. The molecule has 0 atom stereocenters. The molecule has 0 bridgehead atoms. The first-order chi connectivity index (χ1) is 17.4. The molecule has 6 N–H and O–H groups in total. The Morgan fingerprint density at radius 1 is 0.500 bits per heavy atom. The number of nitrogens with one attached hydrogen (secondary N) is 2. The highest BCUT2D eigenvalue weighted by molar-refractivity contribution is 4.73. The summed E-state index contributed by atoms with van der Waals surface area (Å²) in [5, 5.41) is 7.07. The van der Waals surface area contributed by atoms with Crippen LogP contribution in [0.25, 0.3) is 0 Å². The van der Waals surface area contributed by atoms with Crippen molar-refractivity contribution in [2.45, 2.75) is 53.4 Å². The zero-order valence-corrected chi connectivity index (χ0v) is 24.7. The van der Waals surface area contributed by atoms with Gasteiger partial charge in [0.2, 0.25) is 0 Å². The van der Waals surface area contributed by atoms with Gasteiger partial charge in [-0.15, -0.1) is 0 Å². The molecule has 0 aromatic rings. The molecule has 0 aromatic carbocycles. The Bertz CT molecular complexity index is 418. The largest absolute Gasteiger partial charge is 0.330 e. The van der Waals surface area contributed by atoms with Gasteiger partial charge in [0.05, 0.1) is 0 Å². The molecular formula is C28H64N8. The maximum Gasteiger partial charge on any atom is 0.0110 e. The lowest BCUT2D eigenvalue weighted by Crippen LogP contribution is -2.47. The van der Waals surface area contributed by atoms with Crippen LogP contribution in [0.15, 0.2) is 0 Å². The van der Waals surface area contributed by atoms with E-state index in [0.717, 1.165) is 50.9 Å². The molecule has 2 saturated heterocycles. The zero-order valence-electron chi connectivity index (χ0n) is 24.7. The van der Waals surface area contributed by atoms with Crippen molar-refractivity contribution in [2.24, 2.45) is 23.3 Å². The third-order valence-corrected chi connectivity index (χ3v) is 7.05. The summed E-state index contributed by atoms with van der Waals surface area (Å²) in [4.78, 5) is 10.3. The number of nitrogens with two attached hydrogens (primary N) is 2. The number of piperazine rings is 2. The molecule has 8 heteroatoms. The van der Waals surface area contributed by atoms with Gasteiger partial charge in [-0.1, -0.05) is 27.7 Å². The molecule has 2 rings (SSSR count). The van der Waals surface area contributed by atoms with Crippen LogP contribution in [-0.4, -0.2) is 137 Å². The van der Waals surface area contributed by atoms with Crippen molar-refractivity contribution in [1.29, 1.82) is 0 Å². The topological polar surface area (TPSA) is 89.1 Å². The summed E-state index contributed by atoms with van der Waals surface area (Å²) >= 11 is 0. The van der Waals surface area contributed by atoms with Gasteiger partial charge in [0.25, 0.3) is 0 Å². The van der Waals surface area contributed by atoms with Crippen LogP contribution < -0.4 is 22.1 Å². The predicted octanol–water partition coefficient (Wildman–Crippen LogP) is 1.18. The highest BCUT2D eigenvalue weighted by Crippen LogP contribution is 2.04. The van der Waals surface area contributed by atoms with Crippen molar-refractivity contribution in [1.82, 2.24) is 30.2 Å². The fraction of sp³-hybridized carbons (Fsp3) is 1.00. The molecule has 0 unspecified atom stereocenters. The van der Waals surface area contributed by atoms with Gasteiger partial charge < -0.3 is 41.7 Å². The van der Waals surface area contributed by atoms with Crippen LogP contribution in [0.1, 0.15) is 53.4 Å². The normalized spacial score (nSPS) is 18.7. The summed E-state index contributed by atoms with van der Waals surface area (Å²) in [7, 11) is 0. The SMILES string of the molecule is CC(C)CNCCCN1CCN(CCCNCC(C)C)CC1.NCCCN1CCN(CCCN)CC1. The molecule has 216 valence electrons. The van der Waals surface area contributed by atoms with Crippen LogP contribution >= 0.6 is 0 Å². The summed E-state index contributed by atoms with van der Waals surface area (Å²) in [5.41, 5.74) is 11.0. The second-order valence-corrected chi connectivity index (χ2v) is 11.6. The molecule has 0 spiro atoms. The minimum atomic E-state index is 0.763. The Morgan fingerprint density at radius 2 is 0.778 bits per heavy atom. The summed E-state index contributed by atoms with van der Waals surface area (Å²) in [6.45, 7) is 30.0. The van der Waals surface area contributed by atoms with E-state index in [0.29, 0.717) is 0 Å². The first kappa shape index (κ1) is 33.7. The summed E-state index contributed by atoms with van der Waals surface area (Å²) < 4.78 is 0. The Kier molecular flexibility index (Phi) is 21.2. The fourth-order valence-corrected chi connectivity index (χ4v) is 4.74. The van der Waals surface area contributed by atoms with E-state index in [1.807, 2.05) is 0 Å². The predicted molar refractivity (Wildman–Crippen MR) is 158 cm³/mol. The Morgan fingerprint density at radius 3 is 1.03 bits per heavy atom. The number of hydrogen-bond donors (Lipinski definition) is 4. The molecule has 0 aliphatic carbocycles.